The van der Waals surface area contributed by atoms with Gasteiger partial charge < -0.3 is 10.0 Å². The number of carbonyl (C=O) groups excluding carboxylic acids is 1. The number of hydrogen-bond acceptors (Lipinski definition) is 3. The summed E-state index contributed by atoms with van der Waals surface area (Å²) >= 11 is 0. The van der Waals surface area contributed by atoms with E-state index in [0.717, 1.165) is 17.7 Å². The van der Waals surface area contributed by atoms with Crippen LogP contribution in [-0.4, -0.2) is 45.5 Å². The number of anilines is 1. The van der Waals surface area contributed by atoms with Crippen LogP contribution in [0.15, 0.2) is 36.5 Å². The van der Waals surface area contributed by atoms with E-state index in [4.69, 9.17) is 5.11 Å². The smallest absolute Gasteiger partial charge is 0.323 e. The Kier molecular flexibility index (Phi) is 5.55. The number of aliphatic hydroxyl groups excluding tert-OH is 1. The van der Waals surface area contributed by atoms with Crippen molar-refractivity contribution in [1.82, 2.24) is 14.7 Å². The lowest BCUT2D eigenvalue weighted by atomic mass is 10.3. The van der Waals surface area contributed by atoms with Gasteiger partial charge in [0.05, 0.1) is 12.3 Å². The number of aliphatic hydroxyl groups is 1. The van der Waals surface area contributed by atoms with Crippen molar-refractivity contribution in [3.63, 3.8) is 0 Å². The van der Waals surface area contributed by atoms with Gasteiger partial charge in [0.15, 0.2) is 5.82 Å². The van der Waals surface area contributed by atoms with Crippen LogP contribution in [0.2, 0.25) is 0 Å². The van der Waals surface area contributed by atoms with Crippen LogP contribution in [0.3, 0.4) is 0 Å². The second kappa shape index (κ2) is 7.61. The number of aromatic nitrogens is 2. The van der Waals surface area contributed by atoms with Crippen LogP contribution in [0.5, 0.6) is 0 Å². The lowest BCUT2D eigenvalue weighted by Crippen LogP contribution is -2.37. The van der Waals surface area contributed by atoms with Crippen molar-refractivity contribution in [3.8, 4) is 5.69 Å². The van der Waals surface area contributed by atoms with E-state index in [9.17, 15) is 4.79 Å². The van der Waals surface area contributed by atoms with E-state index in [-0.39, 0.29) is 12.6 Å². The molecule has 2 aromatic rings. The zero-order valence-electron chi connectivity index (χ0n) is 13.0. The van der Waals surface area contributed by atoms with Crippen molar-refractivity contribution in [2.24, 2.45) is 0 Å². The zero-order chi connectivity index (χ0) is 15.9. The number of urea groups is 1. The molecular weight excluding hydrogens is 280 g/mol. The summed E-state index contributed by atoms with van der Waals surface area (Å²) in [4.78, 5) is 13.8. The summed E-state index contributed by atoms with van der Waals surface area (Å²) in [5.74, 6) is 0.535. The van der Waals surface area contributed by atoms with Gasteiger partial charge in [0.25, 0.3) is 0 Å². The first-order chi connectivity index (χ1) is 10.7. The summed E-state index contributed by atoms with van der Waals surface area (Å²) in [6.07, 6.45) is 2.71. The number of amides is 2. The Morgan fingerprint density at radius 2 is 2.05 bits per heavy atom. The normalized spacial score (nSPS) is 10.5. The number of benzene rings is 1. The average molecular weight is 302 g/mol. The van der Waals surface area contributed by atoms with E-state index >= 15 is 0 Å². The molecular formula is C16H22N4O2. The van der Waals surface area contributed by atoms with Crippen molar-refractivity contribution >= 4 is 11.8 Å². The fourth-order valence-corrected chi connectivity index (χ4v) is 2.18. The third-order valence-electron chi connectivity index (χ3n) is 3.29. The summed E-state index contributed by atoms with van der Waals surface area (Å²) in [5.41, 5.74) is 1.82. The largest absolute Gasteiger partial charge is 0.395 e. The number of para-hydroxylation sites is 1. The van der Waals surface area contributed by atoms with E-state index in [1.165, 1.54) is 0 Å². The highest BCUT2D eigenvalue weighted by Crippen LogP contribution is 2.16. The lowest BCUT2D eigenvalue weighted by molar-refractivity contribution is 0.188. The van der Waals surface area contributed by atoms with Gasteiger partial charge in [-0.15, -0.1) is 5.10 Å². The van der Waals surface area contributed by atoms with E-state index in [0.29, 0.717) is 18.9 Å². The van der Waals surface area contributed by atoms with Crippen LogP contribution in [0.4, 0.5) is 10.6 Å². The molecule has 2 amide bonds. The molecule has 6 heteroatoms. The summed E-state index contributed by atoms with van der Waals surface area (Å²) in [7, 11) is 0. The van der Waals surface area contributed by atoms with Crippen molar-refractivity contribution in [3.05, 3.63) is 42.1 Å². The molecule has 0 atom stereocenters. The lowest BCUT2D eigenvalue weighted by Gasteiger charge is -2.20. The number of hydrogen-bond donors (Lipinski definition) is 2. The van der Waals surface area contributed by atoms with E-state index in [1.54, 1.807) is 9.58 Å². The van der Waals surface area contributed by atoms with Gasteiger partial charge in [-0.05, 0) is 25.5 Å². The topological polar surface area (TPSA) is 70.4 Å². The highest BCUT2D eigenvalue weighted by Gasteiger charge is 2.15. The Morgan fingerprint density at radius 3 is 2.68 bits per heavy atom. The summed E-state index contributed by atoms with van der Waals surface area (Å²) in [6.45, 7) is 4.76. The molecule has 1 heterocycles. The predicted octanol–water partition coefficient (Wildman–Crippen LogP) is 2.42. The SMILES string of the molecule is CCCN(CCO)C(=O)Nc1nn(-c2ccccc2)cc1C. The number of carbonyl (C=O) groups is 1. The fourth-order valence-electron chi connectivity index (χ4n) is 2.18. The maximum absolute atomic E-state index is 12.2. The third-order valence-corrected chi connectivity index (χ3v) is 3.29. The molecule has 1 aromatic heterocycles. The minimum absolute atomic E-state index is 0.0507. The van der Waals surface area contributed by atoms with Crippen molar-refractivity contribution in [2.75, 3.05) is 25.0 Å². The highest BCUT2D eigenvalue weighted by atomic mass is 16.3. The molecule has 118 valence electrons. The molecule has 0 aliphatic rings. The minimum Gasteiger partial charge on any atom is -0.395 e. The van der Waals surface area contributed by atoms with Crippen LogP contribution in [0, 0.1) is 6.92 Å². The first-order valence-electron chi connectivity index (χ1n) is 7.44. The standard InChI is InChI=1S/C16H22N4O2/c1-3-9-19(10-11-21)16(22)17-15-13(2)12-20(18-15)14-7-5-4-6-8-14/h4-8,12,21H,3,9-11H2,1-2H3,(H,17,18,22). The highest BCUT2D eigenvalue weighted by molar-refractivity contribution is 5.89. The molecule has 1 aromatic carbocycles. The second-order valence-electron chi connectivity index (χ2n) is 5.08. The van der Waals surface area contributed by atoms with E-state index in [2.05, 4.69) is 10.4 Å². The van der Waals surface area contributed by atoms with Gasteiger partial charge in [0.2, 0.25) is 0 Å². The van der Waals surface area contributed by atoms with Gasteiger partial charge >= 0.3 is 6.03 Å². The van der Waals surface area contributed by atoms with Crippen LogP contribution >= 0.6 is 0 Å². The minimum atomic E-state index is -0.239. The van der Waals surface area contributed by atoms with Crippen molar-refractivity contribution in [2.45, 2.75) is 20.3 Å². The molecule has 0 spiro atoms. The van der Waals surface area contributed by atoms with Crippen molar-refractivity contribution in [1.29, 1.82) is 0 Å². The summed E-state index contributed by atoms with van der Waals surface area (Å²) < 4.78 is 1.74. The molecule has 2 N–H and O–H groups in total. The van der Waals surface area contributed by atoms with Crippen LogP contribution < -0.4 is 5.32 Å². The maximum atomic E-state index is 12.2. The van der Waals surface area contributed by atoms with E-state index < -0.39 is 0 Å². The first kappa shape index (κ1) is 16.0. The van der Waals surface area contributed by atoms with Gasteiger partial charge in [-0.3, -0.25) is 5.32 Å². The maximum Gasteiger partial charge on any atom is 0.323 e. The average Bonchev–Trinajstić information content (AvgIpc) is 2.89. The van der Waals surface area contributed by atoms with Crippen LogP contribution in [0.25, 0.3) is 5.69 Å². The number of nitrogens with zero attached hydrogens (tertiary/aromatic N) is 3. The number of aryl methyl sites for hydroxylation is 1. The molecule has 0 aliphatic carbocycles. The number of nitrogens with one attached hydrogen (secondary N) is 1. The molecule has 0 saturated carbocycles. The van der Waals surface area contributed by atoms with Crippen LogP contribution in [-0.2, 0) is 0 Å². The predicted molar refractivity (Wildman–Crippen MR) is 86.3 cm³/mol. The summed E-state index contributed by atoms with van der Waals surface area (Å²) in [6, 6.07) is 9.49. The monoisotopic (exact) mass is 302 g/mol. The molecule has 0 aliphatic heterocycles. The molecule has 2 rings (SSSR count). The Hall–Kier alpha value is -2.34. The van der Waals surface area contributed by atoms with Gasteiger partial charge in [-0.1, -0.05) is 25.1 Å². The Balaban J connectivity index is 2.13. The van der Waals surface area contributed by atoms with Gasteiger partial charge in [-0.2, -0.15) is 0 Å². The molecule has 0 unspecified atom stereocenters. The second-order valence-corrected chi connectivity index (χ2v) is 5.08. The fraction of sp³-hybridized carbons (Fsp3) is 0.375. The molecule has 6 nitrogen and oxygen atoms in total. The van der Waals surface area contributed by atoms with Gasteiger partial charge in [0.1, 0.15) is 0 Å². The first-order valence-corrected chi connectivity index (χ1v) is 7.44. The molecule has 22 heavy (non-hydrogen) atoms. The Morgan fingerprint density at radius 1 is 1.32 bits per heavy atom. The molecule has 0 fully saturated rings. The molecule has 0 radical (unpaired) electrons. The van der Waals surface area contributed by atoms with E-state index in [1.807, 2.05) is 50.4 Å². The van der Waals surface area contributed by atoms with Gasteiger partial charge in [-0.25, -0.2) is 9.48 Å². The van der Waals surface area contributed by atoms with Gasteiger partial charge in [0, 0.05) is 24.8 Å². The Labute approximate surface area is 130 Å². The van der Waals surface area contributed by atoms with Crippen molar-refractivity contribution < 1.29 is 9.90 Å². The summed E-state index contributed by atoms with van der Waals surface area (Å²) in [5, 5.41) is 16.3. The van der Waals surface area contributed by atoms with Crippen LogP contribution in [0.1, 0.15) is 18.9 Å². The number of rotatable bonds is 6. The Bertz CT molecular complexity index is 604. The quantitative estimate of drug-likeness (QED) is 0.861. The third kappa shape index (κ3) is 3.85. The zero-order valence-corrected chi connectivity index (χ0v) is 13.0. The molecule has 0 saturated heterocycles. The molecule has 0 bridgehead atoms.